The van der Waals surface area contributed by atoms with Crippen molar-refractivity contribution in [1.82, 2.24) is 24.8 Å². The Labute approximate surface area is 124 Å². The first kappa shape index (κ1) is 15.9. The quantitative estimate of drug-likeness (QED) is 0.720. The van der Waals surface area contributed by atoms with E-state index in [0.29, 0.717) is 25.3 Å². The molecule has 0 aromatic carbocycles. The third-order valence-corrected chi connectivity index (χ3v) is 3.81. The second-order valence-electron chi connectivity index (χ2n) is 5.30. The number of likely N-dealkylation sites (N-methyl/N-ethyl adjacent to an activating group) is 1. The average molecular weight is 297 g/mol. The lowest BCUT2D eigenvalue weighted by molar-refractivity contribution is 0.0688. The zero-order valence-electron chi connectivity index (χ0n) is 12.7. The molecule has 0 atom stereocenters. The van der Waals surface area contributed by atoms with E-state index in [4.69, 9.17) is 9.84 Å². The molecule has 0 radical (unpaired) electrons. The van der Waals surface area contributed by atoms with Crippen molar-refractivity contribution in [2.75, 3.05) is 53.5 Å². The van der Waals surface area contributed by atoms with Crippen LogP contribution < -0.4 is 0 Å². The number of methoxy groups -OCH3 is 1. The van der Waals surface area contributed by atoms with Crippen LogP contribution in [0, 0.1) is 0 Å². The van der Waals surface area contributed by atoms with Gasteiger partial charge in [-0.15, -0.1) is 5.10 Å². The zero-order chi connectivity index (χ0) is 15.2. The Morgan fingerprint density at radius 1 is 1.29 bits per heavy atom. The molecule has 1 aromatic rings. The highest BCUT2D eigenvalue weighted by Gasteiger charge is 2.20. The van der Waals surface area contributed by atoms with E-state index in [9.17, 15) is 4.79 Å². The number of ether oxygens (including phenoxy) is 1. The summed E-state index contributed by atoms with van der Waals surface area (Å²) in [5, 5.41) is 16.9. The average Bonchev–Trinajstić information content (AvgIpc) is 2.87. The smallest absolute Gasteiger partial charge is 0.358 e. The molecule has 1 saturated heterocycles. The first-order valence-corrected chi connectivity index (χ1v) is 7.17. The zero-order valence-corrected chi connectivity index (χ0v) is 12.7. The normalized spacial score (nSPS) is 17.2. The van der Waals surface area contributed by atoms with E-state index in [-0.39, 0.29) is 5.69 Å². The molecule has 21 heavy (non-hydrogen) atoms. The van der Waals surface area contributed by atoms with Crippen LogP contribution in [0.1, 0.15) is 16.2 Å². The summed E-state index contributed by atoms with van der Waals surface area (Å²) in [6.45, 7) is 6.17. The number of hydrogen-bond donors (Lipinski definition) is 1. The number of carboxylic acids is 1. The van der Waals surface area contributed by atoms with Crippen LogP contribution >= 0.6 is 0 Å². The van der Waals surface area contributed by atoms with Gasteiger partial charge in [-0.3, -0.25) is 4.90 Å². The Morgan fingerprint density at radius 2 is 2.00 bits per heavy atom. The van der Waals surface area contributed by atoms with Gasteiger partial charge in [0, 0.05) is 46.3 Å². The largest absolute Gasteiger partial charge is 0.476 e. The van der Waals surface area contributed by atoms with E-state index in [1.807, 2.05) is 0 Å². The van der Waals surface area contributed by atoms with E-state index in [1.54, 1.807) is 11.8 Å². The summed E-state index contributed by atoms with van der Waals surface area (Å²) in [7, 11) is 3.72. The lowest BCUT2D eigenvalue weighted by Gasteiger charge is -2.32. The Kier molecular flexibility index (Phi) is 5.66. The summed E-state index contributed by atoms with van der Waals surface area (Å²) in [4.78, 5) is 15.8. The molecule has 0 bridgehead atoms. The fourth-order valence-corrected chi connectivity index (χ4v) is 2.43. The summed E-state index contributed by atoms with van der Waals surface area (Å²) in [6, 6.07) is 0. The number of carbonyl (C=O) groups is 1. The van der Waals surface area contributed by atoms with Crippen LogP contribution in [0.4, 0.5) is 0 Å². The SMILES string of the molecule is COCCc1c(C(=O)O)nnn1CCN1CCN(C)CC1. The van der Waals surface area contributed by atoms with Gasteiger partial charge in [0.2, 0.25) is 0 Å². The standard InChI is InChI=1S/C13H23N5O3/c1-16-4-6-17(7-5-16)8-9-18-11(3-10-21-2)12(13(19)20)14-15-18/h3-10H2,1-2H3,(H,19,20). The minimum Gasteiger partial charge on any atom is -0.476 e. The van der Waals surface area contributed by atoms with Crippen LogP contribution in [0.15, 0.2) is 0 Å². The second kappa shape index (κ2) is 7.48. The molecule has 1 N–H and O–H groups in total. The Morgan fingerprint density at radius 3 is 2.62 bits per heavy atom. The Hall–Kier alpha value is -1.51. The van der Waals surface area contributed by atoms with Gasteiger partial charge < -0.3 is 14.7 Å². The highest BCUT2D eigenvalue weighted by molar-refractivity contribution is 5.86. The topological polar surface area (TPSA) is 83.7 Å². The van der Waals surface area contributed by atoms with Crippen molar-refractivity contribution in [2.45, 2.75) is 13.0 Å². The van der Waals surface area contributed by atoms with Crippen molar-refractivity contribution in [3.8, 4) is 0 Å². The molecule has 8 nitrogen and oxygen atoms in total. The van der Waals surface area contributed by atoms with Gasteiger partial charge in [-0.2, -0.15) is 0 Å². The predicted octanol–water partition coefficient (Wildman–Crippen LogP) is -0.587. The van der Waals surface area contributed by atoms with Gasteiger partial charge in [0.05, 0.1) is 18.8 Å². The minimum absolute atomic E-state index is 0.0328. The maximum Gasteiger partial charge on any atom is 0.358 e. The molecule has 0 saturated carbocycles. The van der Waals surface area contributed by atoms with Crippen molar-refractivity contribution in [3.05, 3.63) is 11.4 Å². The van der Waals surface area contributed by atoms with Gasteiger partial charge in [0.15, 0.2) is 5.69 Å². The summed E-state index contributed by atoms with van der Waals surface area (Å²) >= 11 is 0. The molecule has 0 aliphatic carbocycles. The molecular formula is C13H23N5O3. The third kappa shape index (κ3) is 4.23. The van der Waals surface area contributed by atoms with Gasteiger partial charge >= 0.3 is 5.97 Å². The maximum atomic E-state index is 11.2. The van der Waals surface area contributed by atoms with Crippen LogP contribution in [0.2, 0.25) is 0 Å². The van der Waals surface area contributed by atoms with Crippen LogP contribution in [-0.4, -0.2) is 89.4 Å². The molecule has 2 heterocycles. The van der Waals surface area contributed by atoms with Gasteiger partial charge in [0.25, 0.3) is 0 Å². The highest BCUT2D eigenvalue weighted by atomic mass is 16.5. The van der Waals surface area contributed by atoms with Crippen LogP contribution in [0.5, 0.6) is 0 Å². The summed E-state index contributed by atoms with van der Waals surface area (Å²) in [5.41, 5.74) is 0.670. The van der Waals surface area contributed by atoms with E-state index in [1.165, 1.54) is 0 Å². The fourth-order valence-electron chi connectivity index (χ4n) is 2.43. The van der Waals surface area contributed by atoms with E-state index < -0.39 is 5.97 Å². The number of piperazine rings is 1. The van der Waals surface area contributed by atoms with Gasteiger partial charge in [-0.05, 0) is 7.05 Å². The lowest BCUT2D eigenvalue weighted by Crippen LogP contribution is -2.45. The Balaban J connectivity index is 1.97. The molecule has 0 unspecified atom stereocenters. The number of nitrogens with zero attached hydrogens (tertiary/aromatic N) is 5. The first-order chi connectivity index (χ1) is 10.1. The number of aromatic nitrogens is 3. The molecule has 1 aromatic heterocycles. The summed E-state index contributed by atoms with van der Waals surface area (Å²) in [5.74, 6) is -1.04. The Bertz CT molecular complexity index is 468. The van der Waals surface area contributed by atoms with Crippen molar-refractivity contribution >= 4 is 5.97 Å². The van der Waals surface area contributed by atoms with E-state index in [2.05, 4.69) is 27.2 Å². The summed E-state index contributed by atoms with van der Waals surface area (Å²) < 4.78 is 6.73. The minimum atomic E-state index is -1.04. The fraction of sp³-hybridized carbons (Fsp3) is 0.769. The monoisotopic (exact) mass is 297 g/mol. The molecule has 2 rings (SSSR count). The lowest BCUT2D eigenvalue weighted by atomic mass is 10.2. The highest BCUT2D eigenvalue weighted by Crippen LogP contribution is 2.08. The first-order valence-electron chi connectivity index (χ1n) is 7.17. The second-order valence-corrected chi connectivity index (χ2v) is 5.30. The van der Waals surface area contributed by atoms with Crippen molar-refractivity contribution in [3.63, 3.8) is 0 Å². The molecule has 0 spiro atoms. The van der Waals surface area contributed by atoms with Gasteiger partial charge in [-0.25, -0.2) is 9.48 Å². The number of hydrogen-bond acceptors (Lipinski definition) is 6. The van der Waals surface area contributed by atoms with Crippen LogP contribution in [0.25, 0.3) is 0 Å². The third-order valence-electron chi connectivity index (χ3n) is 3.81. The predicted molar refractivity (Wildman–Crippen MR) is 76.5 cm³/mol. The number of carboxylic acid groups (broad SMARTS) is 1. The number of aromatic carboxylic acids is 1. The molecule has 118 valence electrons. The molecule has 1 aliphatic heterocycles. The molecule has 8 heteroatoms. The molecular weight excluding hydrogens is 274 g/mol. The molecule has 1 fully saturated rings. The maximum absolute atomic E-state index is 11.2. The van der Waals surface area contributed by atoms with E-state index >= 15 is 0 Å². The van der Waals surface area contributed by atoms with E-state index in [0.717, 1.165) is 32.7 Å². The van der Waals surface area contributed by atoms with Crippen LogP contribution in [0.3, 0.4) is 0 Å². The van der Waals surface area contributed by atoms with Gasteiger partial charge in [-0.1, -0.05) is 5.21 Å². The van der Waals surface area contributed by atoms with Crippen molar-refractivity contribution in [2.24, 2.45) is 0 Å². The summed E-state index contributed by atoms with van der Waals surface area (Å²) in [6.07, 6.45) is 0.508. The molecule has 0 amide bonds. The van der Waals surface area contributed by atoms with Crippen molar-refractivity contribution < 1.29 is 14.6 Å². The number of rotatable bonds is 7. The van der Waals surface area contributed by atoms with Crippen LogP contribution in [-0.2, 0) is 17.7 Å². The van der Waals surface area contributed by atoms with Gasteiger partial charge in [0.1, 0.15) is 0 Å². The molecule has 1 aliphatic rings. The van der Waals surface area contributed by atoms with Crippen molar-refractivity contribution in [1.29, 1.82) is 0 Å².